The first kappa shape index (κ1) is 12.5. The highest BCUT2D eigenvalue weighted by Gasteiger charge is 2.11. The summed E-state index contributed by atoms with van der Waals surface area (Å²) < 4.78 is 0. The molecule has 8 nitrogen and oxygen atoms in total. The molecule has 3 aromatic rings. The molecule has 0 spiro atoms. The number of anilines is 2. The van der Waals surface area contributed by atoms with Gasteiger partial charge in [0.15, 0.2) is 11.5 Å². The van der Waals surface area contributed by atoms with Crippen molar-refractivity contribution in [3.8, 4) is 0 Å². The molecular weight excluding hydrogens is 280 g/mol. The standard InChI is InChI=1S/C11H11ClN8/c1-13-11-17-7-8(18-10(12)19-9(7)20-11)15-4-6-2-3-14-5-16-6/h2-3,5H,4H2,1H3,(H3,13,15,17,18,19,20). The van der Waals surface area contributed by atoms with Crippen LogP contribution >= 0.6 is 11.6 Å². The van der Waals surface area contributed by atoms with Gasteiger partial charge >= 0.3 is 0 Å². The summed E-state index contributed by atoms with van der Waals surface area (Å²) in [7, 11) is 1.76. The van der Waals surface area contributed by atoms with Gasteiger partial charge in [-0.05, 0) is 17.7 Å². The third kappa shape index (κ3) is 2.45. The zero-order chi connectivity index (χ0) is 13.9. The van der Waals surface area contributed by atoms with E-state index in [0.717, 1.165) is 5.69 Å². The topological polar surface area (TPSA) is 104 Å². The first-order valence-electron chi connectivity index (χ1n) is 5.86. The summed E-state index contributed by atoms with van der Waals surface area (Å²) in [5, 5.41) is 6.20. The van der Waals surface area contributed by atoms with Gasteiger partial charge in [0.1, 0.15) is 11.8 Å². The number of imidazole rings is 1. The number of halogens is 1. The van der Waals surface area contributed by atoms with E-state index in [1.54, 1.807) is 13.2 Å². The molecule has 3 N–H and O–H groups in total. The van der Waals surface area contributed by atoms with E-state index in [2.05, 4.69) is 40.5 Å². The molecule has 0 saturated heterocycles. The largest absolute Gasteiger partial charge is 0.362 e. The van der Waals surface area contributed by atoms with Gasteiger partial charge in [0, 0.05) is 13.2 Å². The molecule has 0 radical (unpaired) electrons. The van der Waals surface area contributed by atoms with Gasteiger partial charge in [-0.1, -0.05) is 0 Å². The SMILES string of the molecule is CNc1nc2nc(Cl)nc(NCc3ccncn3)c2[nH]1. The molecule has 3 rings (SSSR count). The maximum Gasteiger partial charge on any atom is 0.226 e. The van der Waals surface area contributed by atoms with Gasteiger partial charge in [0.2, 0.25) is 11.2 Å². The van der Waals surface area contributed by atoms with Crippen molar-refractivity contribution in [2.75, 3.05) is 17.7 Å². The minimum absolute atomic E-state index is 0.136. The zero-order valence-corrected chi connectivity index (χ0v) is 11.3. The van der Waals surface area contributed by atoms with Crippen molar-refractivity contribution in [1.82, 2.24) is 29.9 Å². The monoisotopic (exact) mass is 290 g/mol. The van der Waals surface area contributed by atoms with Crippen molar-refractivity contribution < 1.29 is 0 Å². The van der Waals surface area contributed by atoms with Crippen molar-refractivity contribution in [2.45, 2.75) is 6.54 Å². The fraction of sp³-hybridized carbons (Fsp3) is 0.182. The van der Waals surface area contributed by atoms with Crippen LogP contribution in [0.4, 0.5) is 11.8 Å². The lowest BCUT2D eigenvalue weighted by Crippen LogP contribution is -2.04. The first-order chi connectivity index (χ1) is 9.76. The van der Waals surface area contributed by atoms with E-state index in [-0.39, 0.29) is 5.28 Å². The molecule has 102 valence electrons. The molecule has 3 aromatic heterocycles. The Bertz CT molecular complexity index is 726. The number of H-pyrrole nitrogens is 1. The highest BCUT2D eigenvalue weighted by molar-refractivity contribution is 6.28. The minimum Gasteiger partial charge on any atom is -0.362 e. The molecule has 0 aliphatic heterocycles. The van der Waals surface area contributed by atoms with E-state index >= 15 is 0 Å². The molecule has 0 fully saturated rings. The first-order valence-corrected chi connectivity index (χ1v) is 6.24. The van der Waals surface area contributed by atoms with Crippen LogP contribution in [0.25, 0.3) is 11.2 Å². The Labute approximate surface area is 119 Å². The Morgan fingerprint density at radius 3 is 2.95 bits per heavy atom. The van der Waals surface area contributed by atoms with Gasteiger partial charge in [-0.15, -0.1) is 0 Å². The predicted molar refractivity (Wildman–Crippen MR) is 75.6 cm³/mol. The van der Waals surface area contributed by atoms with Gasteiger partial charge < -0.3 is 15.6 Å². The second-order valence-electron chi connectivity index (χ2n) is 3.93. The highest BCUT2D eigenvalue weighted by Crippen LogP contribution is 2.21. The zero-order valence-electron chi connectivity index (χ0n) is 10.6. The summed E-state index contributed by atoms with van der Waals surface area (Å²) in [5.74, 6) is 1.18. The molecule has 0 aliphatic rings. The van der Waals surface area contributed by atoms with E-state index in [1.807, 2.05) is 6.07 Å². The molecule has 0 atom stereocenters. The van der Waals surface area contributed by atoms with Crippen LogP contribution in [0.15, 0.2) is 18.6 Å². The summed E-state index contributed by atoms with van der Waals surface area (Å²) in [6.45, 7) is 0.499. The van der Waals surface area contributed by atoms with E-state index in [9.17, 15) is 0 Å². The Hall–Kier alpha value is -2.48. The van der Waals surface area contributed by atoms with Crippen molar-refractivity contribution in [3.63, 3.8) is 0 Å². The van der Waals surface area contributed by atoms with Crippen LogP contribution in [-0.4, -0.2) is 37.0 Å². The molecule has 9 heteroatoms. The Balaban J connectivity index is 1.92. The number of nitrogens with zero attached hydrogens (tertiary/aromatic N) is 5. The second-order valence-corrected chi connectivity index (χ2v) is 4.27. The summed E-state index contributed by atoms with van der Waals surface area (Å²) in [4.78, 5) is 23.5. The van der Waals surface area contributed by atoms with Crippen LogP contribution in [-0.2, 0) is 6.54 Å². The highest BCUT2D eigenvalue weighted by atomic mass is 35.5. The maximum atomic E-state index is 5.90. The van der Waals surface area contributed by atoms with Crippen molar-refractivity contribution in [3.05, 3.63) is 29.6 Å². The number of hydrogen-bond acceptors (Lipinski definition) is 7. The van der Waals surface area contributed by atoms with Gasteiger partial charge in [-0.3, -0.25) is 0 Å². The smallest absolute Gasteiger partial charge is 0.226 e. The van der Waals surface area contributed by atoms with Gasteiger partial charge in [-0.2, -0.15) is 15.0 Å². The Morgan fingerprint density at radius 1 is 1.30 bits per heavy atom. The summed E-state index contributed by atoms with van der Waals surface area (Å²) in [6, 6.07) is 1.82. The van der Waals surface area contributed by atoms with Crippen molar-refractivity contribution in [1.29, 1.82) is 0 Å². The lowest BCUT2D eigenvalue weighted by molar-refractivity contribution is 0.995. The number of hydrogen-bond donors (Lipinski definition) is 3. The molecular formula is C11H11ClN8. The lowest BCUT2D eigenvalue weighted by Gasteiger charge is -2.05. The van der Waals surface area contributed by atoms with Crippen LogP contribution in [0.3, 0.4) is 0 Å². The van der Waals surface area contributed by atoms with Crippen LogP contribution in [0, 0.1) is 0 Å². The summed E-state index contributed by atoms with van der Waals surface area (Å²) in [6.07, 6.45) is 3.18. The quantitative estimate of drug-likeness (QED) is 0.625. The van der Waals surface area contributed by atoms with Crippen LogP contribution in [0.1, 0.15) is 5.69 Å². The molecule has 0 unspecified atom stereocenters. The molecule has 0 amide bonds. The maximum absolute atomic E-state index is 5.90. The number of fused-ring (bicyclic) bond motifs is 1. The van der Waals surface area contributed by atoms with Crippen LogP contribution in [0.5, 0.6) is 0 Å². The normalized spacial score (nSPS) is 10.7. The van der Waals surface area contributed by atoms with E-state index < -0.39 is 0 Å². The van der Waals surface area contributed by atoms with Gasteiger partial charge in [-0.25, -0.2) is 9.97 Å². The number of aromatic amines is 1. The summed E-state index contributed by atoms with van der Waals surface area (Å²) >= 11 is 5.90. The lowest BCUT2D eigenvalue weighted by atomic mass is 10.4. The fourth-order valence-electron chi connectivity index (χ4n) is 1.71. The third-order valence-corrected chi connectivity index (χ3v) is 2.81. The molecule has 0 aliphatic carbocycles. The van der Waals surface area contributed by atoms with Crippen LogP contribution in [0.2, 0.25) is 5.28 Å². The molecule has 0 saturated carbocycles. The Morgan fingerprint density at radius 2 is 2.20 bits per heavy atom. The van der Waals surface area contributed by atoms with Crippen molar-refractivity contribution in [2.24, 2.45) is 0 Å². The molecule has 0 bridgehead atoms. The molecule has 20 heavy (non-hydrogen) atoms. The molecule has 3 heterocycles. The summed E-state index contributed by atoms with van der Waals surface area (Å²) in [5.41, 5.74) is 2.03. The van der Waals surface area contributed by atoms with E-state index in [4.69, 9.17) is 11.6 Å². The number of aromatic nitrogens is 6. The average molecular weight is 291 g/mol. The number of nitrogens with one attached hydrogen (secondary N) is 3. The fourth-order valence-corrected chi connectivity index (χ4v) is 1.88. The average Bonchev–Trinajstić information content (AvgIpc) is 2.88. The van der Waals surface area contributed by atoms with E-state index in [1.165, 1.54) is 6.33 Å². The van der Waals surface area contributed by atoms with E-state index in [0.29, 0.717) is 29.5 Å². The van der Waals surface area contributed by atoms with Crippen molar-refractivity contribution >= 4 is 34.5 Å². The second kappa shape index (κ2) is 5.25. The third-order valence-electron chi connectivity index (χ3n) is 2.64. The van der Waals surface area contributed by atoms with Crippen LogP contribution < -0.4 is 10.6 Å². The van der Waals surface area contributed by atoms with Gasteiger partial charge in [0.05, 0.1) is 12.2 Å². The predicted octanol–water partition coefficient (Wildman–Crippen LogP) is 1.45. The van der Waals surface area contributed by atoms with Gasteiger partial charge in [0.25, 0.3) is 0 Å². The molecule has 0 aromatic carbocycles. The Kier molecular flexibility index (Phi) is 3.30. The number of rotatable bonds is 4. The minimum atomic E-state index is 0.136.